The molecule has 2 rings (SSSR count). The summed E-state index contributed by atoms with van der Waals surface area (Å²) in [4.78, 5) is 18.7. The number of benzene rings is 1. The zero-order chi connectivity index (χ0) is 13.0. The van der Waals surface area contributed by atoms with Gasteiger partial charge in [0.1, 0.15) is 17.3 Å². The van der Waals surface area contributed by atoms with Gasteiger partial charge in [-0.3, -0.25) is 4.79 Å². The standard InChI is InChI=1S/C13H12N2O3/c1-18-9-2-3-11(16)10(8-9)12(17)4-5-13-14-6-7-15-13/h2-8,16H,1H3,(H,14,15)/b5-4+. The third-order valence-corrected chi connectivity index (χ3v) is 2.38. The number of phenolic OH excluding ortho intramolecular Hbond substituents is 1. The molecule has 0 bridgehead atoms. The summed E-state index contributed by atoms with van der Waals surface area (Å²) in [5.41, 5.74) is 0.192. The highest BCUT2D eigenvalue weighted by atomic mass is 16.5. The molecular formula is C13H12N2O3. The van der Waals surface area contributed by atoms with E-state index < -0.39 is 0 Å². The average molecular weight is 244 g/mol. The molecule has 0 saturated heterocycles. The number of methoxy groups -OCH3 is 1. The molecule has 0 atom stereocenters. The molecule has 1 aromatic carbocycles. The average Bonchev–Trinajstić information content (AvgIpc) is 2.89. The van der Waals surface area contributed by atoms with E-state index in [1.54, 1.807) is 24.5 Å². The van der Waals surface area contributed by atoms with Crippen LogP contribution in [0.5, 0.6) is 11.5 Å². The molecule has 92 valence electrons. The van der Waals surface area contributed by atoms with Crippen molar-refractivity contribution >= 4 is 11.9 Å². The molecule has 0 aliphatic carbocycles. The van der Waals surface area contributed by atoms with E-state index >= 15 is 0 Å². The summed E-state index contributed by atoms with van der Waals surface area (Å²) >= 11 is 0. The summed E-state index contributed by atoms with van der Waals surface area (Å²) in [5, 5.41) is 9.62. The number of allylic oxidation sites excluding steroid dienone is 1. The summed E-state index contributed by atoms with van der Waals surface area (Å²) in [5.74, 6) is 0.695. The Labute approximate surface area is 104 Å². The lowest BCUT2D eigenvalue weighted by atomic mass is 10.1. The van der Waals surface area contributed by atoms with Crippen LogP contribution in [0.2, 0.25) is 0 Å². The first-order valence-electron chi connectivity index (χ1n) is 5.29. The molecule has 2 aromatic rings. The van der Waals surface area contributed by atoms with Crippen molar-refractivity contribution in [1.82, 2.24) is 9.97 Å². The van der Waals surface area contributed by atoms with E-state index in [-0.39, 0.29) is 17.1 Å². The zero-order valence-corrected chi connectivity index (χ0v) is 9.75. The van der Waals surface area contributed by atoms with Crippen LogP contribution < -0.4 is 4.74 Å². The summed E-state index contributed by atoms with van der Waals surface area (Å²) in [6, 6.07) is 4.50. The maximum absolute atomic E-state index is 11.9. The van der Waals surface area contributed by atoms with Gasteiger partial charge in [-0.2, -0.15) is 0 Å². The second kappa shape index (κ2) is 5.18. The van der Waals surface area contributed by atoms with Crippen molar-refractivity contribution in [2.75, 3.05) is 7.11 Å². The van der Waals surface area contributed by atoms with Gasteiger partial charge in [-0.1, -0.05) is 0 Å². The molecule has 0 unspecified atom stereocenters. The second-order valence-corrected chi connectivity index (χ2v) is 3.56. The van der Waals surface area contributed by atoms with Crippen LogP contribution in [-0.2, 0) is 0 Å². The minimum atomic E-state index is -0.317. The van der Waals surface area contributed by atoms with E-state index in [0.29, 0.717) is 11.6 Å². The lowest BCUT2D eigenvalue weighted by Gasteiger charge is -2.03. The molecule has 0 saturated carbocycles. The number of nitrogens with one attached hydrogen (secondary N) is 1. The fraction of sp³-hybridized carbons (Fsp3) is 0.0769. The summed E-state index contributed by atoms with van der Waals surface area (Å²) in [7, 11) is 1.50. The molecule has 1 heterocycles. The first-order chi connectivity index (χ1) is 8.70. The van der Waals surface area contributed by atoms with Gasteiger partial charge in [0.15, 0.2) is 5.78 Å². The van der Waals surface area contributed by atoms with Crippen molar-refractivity contribution in [1.29, 1.82) is 0 Å². The number of hydrogen-bond acceptors (Lipinski definition) is 4. The largest absolute Gasteiger partial charge is 0.507 e. The number of rotatable bonds is 4. The first-order valence-corrected chi connectivity index (χ1v) is 5.29. The number of carbonyl (C=O) groups is 1. The monoisotopic (exact) mass is 244 g/mol. The number of carbonyl (C=O) groups excluding carboxylic acids is 1. The summed E-state index contributed by atoms with van der Waals surface area (Å²) < 4.78 is 5.00. The van der Waals surface area contributed by atoms with Crippen molar-refractivity contribution in [2.45, 2.75) is 0 Å². The third kappa shape index (κ3) is 2.57. The van der Waals surface area contributed by atoms with E-state index in [9.17, 15) is 9.90 Å². The van der Waals surface area contributed by atoms with Gasteiger partial charge in [-0.15, -0.1) is 0 Å². The maximum atomic E-state index is 11.9. The van der Waals surface area contributed by atoms with Gasteiger partial charge in [-0.05, 0) is 30.4 Å². The quantitative estimate of drug-likeness (QED) is 0.637. The predicted molar refractivity (Wildman–Crippen MR) is 66.6 cm³/mol. The molecule has 0 radical (unpaired) electrons. The van der Waals surface area contributed by atoms with Gasteiger partial charge >= 0.3 is 0 Å². The molecule has 0 spiro atoms. The highest BCUT2D eigenvalue weighted by molar-refractivity contribution is 6.08. The van der Waals surface area contributed by atoms with Gasteiger partial charge in [0.2, 0.25) is 0 Å². The normalized spacial score (nSPS) is 10.7. The highest BCUT2D eigenvalue weighted by Gasteiger charge is 2.09. The van der Waals surface area contributed by atoms with Crippen molar-refractivity contribution in [3.05, 3.63) is 48.1 Å². The molecule has 0 aliphatic rings. The number of imidazole rings is 1. The number of aromatic nitrogens is 2. The van der Waals surface area contributed by atoms with Crippen molar-refractivity contribution in [3.63, 3.8) is 0 Å². The number of ketones is 1. The SMILES string of the molecule is COc1ccc(O)c(C(=O)/C=C/c2ncc[nH]2)c1. The summed E-state index contributed by atoms with van der Waals surface area (Å²) in [6.45, 7) is 0. The Hall–Kier alpha value is -2.56. The highest BCUT2D eigenvalue weighted by Crippen LogP contribution is 2.23. The van der Waals surface area contributed by atoms with Gasteiger partial charge in [0.25, 0.3) is 0 Å². The minimum Gasteiger partial charge on any atom is -0.507 e. The molecule has 5 heteroatoms. The number of hydrogen-bond donors (Lipinski definition) is 2. The second-order valence-electron chi connectivity index (χ2n) is 3.56. The van der Waals surface area contributed by atoms with Crippen molar-refractivity contribution in [2.24, 2.45) is 0 Å². The minimum absolute atomic E-state index is 0.0788. The molecule has 1 aromatic heterocycles. The molecular weight excluding hydrogens is 232 g/mol. The third-order valence-electron chi connectivity index (χ3n) is 2.38. The van der Waals surface area contributed by atoms with Crippen LogP contribution in [0.4, 0.5) is 0 Å². The number of nitrogens with zero attached hydrogens (tertiary/aromatic N) is 1. The van der Waals surface area contributed by atoms with Crippen LogP contribution in [0, 0.1) is 0 Å². The Morgan fingerprint density at radius 1 is 1.50 bits per heavy atom. The zero-order valence-electron chi connectivity index (χ0n) is 9.75. The number of phenols is 1. The van der Waals surface area contributed by atoms with Crippen LogP contribution in [0.1, 0.15) is 16.2 Å². The van der Waals surface area contributed by atoms with Gasteiger partial charge in [0, 0.05) is 12.4 Å². The Balaban J connectivity index is 2.23. The van der Waals surface area contributed by atoms with E-state index in [1.165, 1.54) is 25.3 Å². The number of H-pyrrole nitrogens is 1. The lowest BCUT2D eigenvalue weighted by molar-refractivity contribution is 0.104. The van der Waals surface area contributed by atoms with Gasteiger partial charge in [0.05, 0.1) is 12.7 Å². The lowest BCUT2D eigenvalue weighted by Crippen LogP contribution is -1.96. The van der Waals surface area contributed by atoms with Crippen LogP contribution in [0.25, 0.3) is 6.08 Å². The van der Waals surface area contributed by atoms with E-state index in [0.717, 1.165) is 0 Å². The molecule has 5 nitrogen and oxygen atoms in total. The number of aromatic amines is 1. The molecule has 2 N–H and O–H groups in total. The van der Waals surface area contributed by atoms with Crippen molar-refractivity contribution in [3.8, 4) is 11.5 Å². The van der Waals surface area contributed by atoms with Crippen LogP contribution >= 0.6 is 0 Å². The molecule has 0 aliphatic heterocycles. The Bertz CT molecular complexity index is 574. The van der Waals surface area contributed by atoms with Crippen LogP contribution in [-0.4, -0.2) is 28.0 Å². The Morgan fingerprint density at radius 3 is 3.00 bits per heavy atom. The summed E-state index contributed by atoms with van der Waals surface area (Å²) in [6.07, 6.45) is 6.13. The fourth-order valence-corrected chi connectivity index (χ4v) is 1.45. The molecule has 18 heavy (non-hydrogen) atoms. The van der Waals surface area contributed by atoms with Crippen LogP contribution in [0.3, 0.4) is 0 Å². The fourth-order valence-electron chi connectivity index (χ4n) is 1.45. The Kier molecular flexibility index (Phi) is 3.43. The predicted octanol–water partition coefficient (Wildman–Crippen LogP) is 2.02. The molecule has 0 amide bonds. The number of ether oxygens (including phenoxy) is 1. The Morgan fingerprint density at radius 2 is 2.33 bits per heavy atom. The number of aromatic hydroxyl groups is 1. The van der Waals surface area contributed by atoms with E-state index in [1.807, 2.05) is 0 Å². The van der Waals surface area contributed by atoms with Gasteiger partial charge < -0.3 is 14.8 Å². The maximum Gasteiger partial charge on any atom is 0.189 e. The van der Waals surface area contributed by atoms with Gasteiger partial charge in [-0.25, -0.2) is 4.98 Å². The molecule has 0 fully saturated rings. The van der Waals surface area contributed by atoms with E-state index in [2.05, 4.69) is 9.97 Å². The first kappa shape index (κ1) is 11.9. The van der Waals surface area contributed by atoms with E-state index in [4.69, 9.17) is 4.74 Å². The van der Waals surface area contributed by atoms with Crippen LogP contribution in [0.15, 0.2) is 36.7 Å². The topological polar surface area (TPSA) is 75.2 Å². The van der Waals surface area contributed by atoms with Crippen molar-refractivity contribution < 1.29 is 14.6 Å². The smallest absolute Gasteiger partial charge is 0.189 e.